The first-order valence-corrected chi connectivity index (χ1v) is 8.77. The number of aromatic amines is 1. The molecule has 3 nitrogen and oxygen atoms in total. The van der Waals surface area contributed by atoms with Crippen LogP contribution in [0.3, 0.4) is 0 Å². The van der Waals surface area contributed by atoms with E-state index < -0.39 is 0 Å². The summed E-state index contributed by atoms with van der Waals surface area (Å²) in [5.74, 6) is 1.49. The van der Waals surface area contributed by atoms with Crippen molar-refractivity contribution in [3.63, 3.8) is 0 Å². The Hall–Kier alpha value is -1.32. The van der Waals surface area contributed by atoms with Crippen LogP contribution in [0.25, 0.3) is 10.9 Å². The van der Waals surface area contributed by atoms with Crippen molar-refractivity contribution in [2.45, 2.75) is 44.7 Å². The largest absolute Gasteiger partial charge is 0.361 e. The molecular weight excluding hydrogens is 270 g/mol. The Morgan fingerprint density at radius 1 is 1.23 bits per heavy atom. The van der Waals surface area contributed by atoms with Crippen LogP contribution in [0.5, 0.6) is 0 Å². The molecule has 1 unspecified atom stereocenters. The molecule has 22 heavy (non-hydrogen) atoms. The minimum absolute atomic E-state index is 0.470. The summed E-state index contributed by atoms with van der Waals surface area (Å²) in [7, 11) is 0. The summed E-state index contributed by atoms with van der Waals surface area (Å²) in [6.07, 6.45) is 7.27. The van der Waals surface area contributed by atoms with E-state index in [1.54, 1.807) is 0 Å². The van der Waals surface area contributed by atoms with Gasteiger partial charge in [0, 0.05) is 42.3 Å². The molecule has 118 valence electrons. The average molecular weight is 297 g/mol. The van der Waals surface area contributed by atoms with Crippen LogP contribution in [0.15, 0.2) is 30.5 Å². The molecule has 0 radical (unpaired) electrons. The second-order valence-electron chi connectivity index (χ2n) is 7.38. The van der Waals surface area contributed by atoms with E-state index in [9.17, 15) is 0 Å². The lowest BCUT2D eigenvalue weighted by Crippen LogP contribution is -2.51. The van der Waals surface area contributed by atoms with Crippen molar-refractivity contribution < 1.29 is 0 Å². The second kappa shape index (κ2) is 5.71. The van der Waals surface area contributed by atoms with Gasteiger partial charge in [-0.15, -0.1) is 0 Å². The van der Waals surface area contributed by atoms with Crippen molar-refractivity contribution in [1.29, 1.82) is 0 Å². The molecule has 1 aliphatic heterocycles. The predicted molar refractivity (Wildman–Crippen MR) is 91.8 cm³/mol. The number of hydrogen-bond donors (Lipinski definition) is 2. The highest BCUT2D eigenvalue weighted by Gasteiger charge is 2.40. The first kappa shape index (κ1) is 14.3. The van der Waals surface area contributed by atoms with Gasteiger partial charge in [0.05, 0.1) is 0 Å². The SMILES string of the molecule is C[C@H](CCc1c[nH]c2ccccc12)N1C[C@H]2CC[C@@H](C1)C2N. The normalized spacial score (nSPS) is 30.0. The number of benzene rings is 1. The van der Waals surface area contributed by atoms with E-state index in [2.05, 4.69) is 47.3 Å². The van der Waals surface area contributed by atoms with E-state index in [4.69, 9.17) is 5.73 Å². The molecule has 2 heterocycles. The number of rotatable bonds is 4. The molecule has 2 bridgehead atoms. The summed E-state index contributed by atoms with van der Waals surface area (Å²) in [5.41, 5.74) is 9.04. The Labute approximate surface area is 132 Å². The first-order valence-electron chi connectivity index (χ1n) is 8.77. The maximum absolute atomic E-state index is 6.33. The fourth-order valence-corrected chi connectivity index (χ4v) is 4.55. The number of piperidine rings is 1. The van der Waals surface area contributed by atoms with E-state index in [1.165, 1.54) is 48.8 Å². The summed E-state index contributed by atoms with van der Waals surface area (Å²) in [5, 5.41) is 1.38. The van der Waals surface area contributed by atoms with Crippen molar-refractivity contribution in [3.8, 4) is 0 Å². The maximum Gasteiger partial charge on any atom is 0.0456 e. The van der Waals surface area contributed by atoms with Crippen molar-refractivity contribution in [2.24, 2.45) is 17.6 Å². The van der Waals surface area contributed by atoms with Gasteiger partial charge in [-0.1, -0.05) is 18.2 Å². The van der Waals surface area contributed by atoms with Crippen LogP contribution >= 0.6 is 0 Å². The molecule has 1 aromatic carbocycles. The van der Waals surface area contributed by atoms with Crippen LogP contribution in [0.2, 0.25) is 0 Å². The van der Waals surface area contributed by atoms with Gasteiger partial charge in [0.1, 0.15) is 0 Å². The number of H-pyrrole nitrogens is 1. The summed E-state index contributed by atoms with van der Waals surface area (Å²) < 4.78 is 0. The lowest BCUT2D eigenvalue weighted by Gasteiger charge is -2.39. The molecule has 3 heteroatoms. The molecule has 1 saturated carbocycles. The Morgan fingerprint density at radius 2 is 1.95 bits per heavy atom. The monoisotopic (exact) mass is 297 g/mol. The fourth-order valence-electron chi connectivity index (χ4n) is 4.55. The molecule has 1 aromatic heterocycles. The lowest BCUT2D eigenvalue weighted by molar-refractivity contribution is 0.105. The van der Waals surface area contributed by atoms with Crippen molar-refractivity contribution >= 4 is 10.9 Å². The molecule has 4 rings (SSSR count). The van der Waals surface area contributed by atoms with Crippen molar-refractivity contribution in [3.05, 3.63) is 36.0 Å². The average Bonchev–Trinajstić information content (AvgIpc) is 3.01. The maximum atomic E-state index is 6.33. The summed E-state index contributed by atoms with van der Waals surface area (Å²) in [4.78, 5) is 6.09. The molecule has 2 aromatic rings. The molecule has 2 fully saturated rings. The summed E-state index contributed by atoms with van der Waals surface area (Å²) >= 11 is 0. The van der Waals surface area contributed by atoms with Gasteiger partial charge in [0.15, 0.2) is 0 Å². The zero-order valence-electron chi connectivity index (χ0n) is 13.5. The minimum atomic E-state index is 0.470. The minimum Gasteiger partial charge on any atom is -0.361 e. The van der Waals surface area contributed by atoms with Crippen LogP contribution in [0.4, 0.5) is 0 Å². The zero-order chi connectivity index (χ0) is 15.1. The Morgan fingerprint density at radius 3 is 2.73 bits per heavy atom. The van der Waals surface area contributed by atoms with Crippen molar-refractivity contribution in [1.82, 2.24) is 9.88 Å². The van der Waals surface area contributed by atoms with Crippen LogP contribution in [-0.4, -0.2) is 35.1 Å². The number of nitrogens with two attached hydrogens (primary N) is 1. The highest BCUT2D eigenvalue weighted by molar-refractivity contribution is 5.82. The molecule has 0 spiro atoms. The number of nitrogens with one attached hydrogen (secondary N) is 1. The first-order chi connectivity index (χ1) is 10.7. The molecule has 4 atom stereocenters. The van der Waals surface area contributed by atoms with Gasteiger partial charge < -0.3 is 10.7 Å². The smallest absolute Gasteiger partial charge is 0.0456 e. The van der Waals surface area contributed by atoms with E-state index in [0.717, 1.165) is 18.3 Å². The Kier molecular flexibility index (Phi) is 3.71. The van der Waals surface area contributed by atoms with Crippen molar-refractivity contribution in [2.75, 3.05) is 13.1 Å². The lowest BCUT2D eigenvalue weighted by atomic mass is 9.91. The van der Waals surface area contributed by atoms with Gasteiger partial charge in [0.2, 0.25) is 0 Å². The molecule has 0 amide bonds. The van der Waals surface area contributed by atoms with E-state index in [-0.39, 0.29) is 0 Å². The predicted octanol–water partition coefficient (Wildman–Crippen LogP) is 3.16. The number of nitrogens with zero attached hydrogens (tertiary/aromatic N) is 1. The molecule has 3 N–H and O–H groups in total. The van der Waals surface area contributed by atoms with Gasteiger partial charge in [-0.25, -0.2) is 0 Å². The third-order valence-corrected chi connectivity index (χ3v) is 6.06. The number of aryl methyl sites for hydroxylation is 1. The molecular formula is C19H27N3. The number of hydrogen-bond acceptors (Lipinski definition) is 2. The van der Waals surface area contributed by atoms with Gasteiger partial charge in [-0.3, -0.25) is 4.90 Å². The van der Waals surface area contributed by atoms with Gasteiger partial charge in [-0.05, 0) is 56.1 Å². The van der Waals surface area contributed by atoms with Crippen LogP contribution < -0.4 is 5.73 Å². The number of aromatic nitrogens is 1. The van der Waals surface area contributed by atoms with Crippen LogP contribution in [-0.2, 0) is 6.42 Å². The molecule has 1 saturated heterocycles. The summed E-state index contributed by atoms with van der Waals surface area (Å²) in [6, 6.07) is 9.74. The highest BCUT2D eigenvalue weighted by atomic mass is 15.2. The quantitative estimate of drug-likeness (QED) is 0.910. The van der Waals surface area contributed by atoms with Gasteiger partial charge in [0.25, 0.3) is 0 Å². The van der Waals surface area contributed by atoms with E-state index >= 15 is 0 Å². The van der Waals surface area contributed by atoms with Gasteiger partial charge >= 0.3 is 0 Å². The number of likely N-dealkylation sites (tertiary alicyclic amines) is 1. The third-order valence-electron chi connectivity index (χ3n) is 6.06. The molecule has 1 aliphatic carbocycles. The standard InChI is InChI=1S/C19H27N3/c1-13(22-11-15-8-9-16(12-22)19(15)20)6-7-14-10-21-18-5-3-2-4-17(14)18/h2-5,10,13,15-16,19,21H,6-9,11-12,20H2,1H3/t13-,15-,16+,19?/m1/s1. The number of para-hydroxylation sites is 1. The van der Waals surface area contributed by atoms with E-state index in [1.807, 2.05) is 0 Å². The van der Waals surface area contributed by atoms with E-state index in [0.29, 0.717) is 12.1 Å². The fraction of sp³-hybridized carbons (Fsp3) is 0.579. The van der Waals surface area contributed by atoms with Crippen LogP contribution in [0.1, 0.15) is 31.7 Å². The molecule has 2 aliphatic rings. The second-order valence-corrected chi connectivity index (χ2v) is 7.38. The Bertz CT molecular complexity index is 633. The number of fused-ring (bicyclic) bond motifs is 3. The Balaban J connectivity index is 1.39. The highest BCUT2D eigenvalue weighted by Crippen LogP contribution is 2.36. The van der Waals surface area contributed by atoms with Gasteiger partial charge in [-0.2, -0.15) is 0 Å². The third kappa shape index (κ3) is 2.46. The summed E-state index contributed by atoms with van der Waals surface area (Å²) in [6.45, 7) is 4.82. The topological polar surface area (TPSA) is 45.0 Å². The van der Waals surface area contributed by atoms with Crippen LogP contribution in [0, 0.1) is 11.8 Å². The zero-order valence-corrected chi connectivity index (χ0v) is 13.5.